The van der Waals surface area contributed by atoms with Crippen LogP contribution in [-0.2, 0) is 32.6 Å². The first-order chi connectivity index (χ1) is 20.6. The fourth-order valence-electron chi connectivity index (χ4n) is 4.72. The summed E-state index contributed by atoms with van der Waals surface area (Å²) >= 11 is 6.29. The molecule has 1 N–H and O–H groups in total. The van der Waals surface area contributed by atoms with Gasteiger partial charge in [-0.15, -0.1) is 0 Å². The van der Waals surface area contributed by atoms with Gasteiger partial charge in [-0.25, -0.2) is 12.8 Å². The van der Waals surface area contributed by atoms with Crippen molar-refractivity contribution in [1.29, 1.82) is 0 Å². The van der Waals surface area contributed by atoms with Crippen molar-refractivity contribution >= 4 is 39.1 Å². The molecule has 10 heteroatoms. The maximum absolute atomic E-state index is 14.3. The van der Waals surface area contributed by atoms with Crippen LogP contribution in [0, 0.1) is 12.7 Å². The number of hydrogen-bond acceptors (Lipinski definition) is 4. The lowest BCUT2D eigenvalue weighted by atomic mass is 10.0. The molecular formula is C33H33ClFN3O4S. The van der Waals surface area contributed by atoms with Gasteiger partial charge in [-0.1, -0.05) is 78.3 Å². The van der Waals surface area contributed by atoms with Crippen LogP contribution >= 0.6 is 11.6 Å². The Kier molecular flexibility index (Phi) is 10.6. The fourth-order valence-corrected chi connectivity index (χ4v) is 6.37. The summed E-state index contributed by atoms with van der Waals surface area (Å²) in [5.74, 6) is -1.45. The Balaban J connectivity index is 1.81. The van der Waals surface area contributed by atoms with E-state index in [1.165, 1.54) is 47.4 Å². The Labute approximate surface area is 257 Å². The summed E-state index contributed by atoms with van der Waals surface area (Å²) in [7, 11) is -4.24. The molecular weight excluding hydrogens is 589 g/mol. The maximum atomic E-state index is 14.3. The van der Waals surface area contributed by atoms with Gasteiger partial charge in [0.1, 0.15) is 18.4 Å². The third-order valence-electron chi connectivity index (χ3n) is 6.94. The average Bonchev–Trinajstić information content (AvgIpc) is 3.01. The summed E-state index contributed by atoms with van der Waals surface area (Å²) in [6.45, 7) is 3.18. The molecule has 43 heavy (non-hydrogen) atoms. The number of sulfonamides is 1. The molecule has 0 bridgehead atoms. The van der Waals surface area contributed by atoms with Gasteiger partial charge in [0.25, 0.3) is 10.0 Å². The smallest absolute Gasteiger partial charge is 0.264 e. The van der Waals surface area contributed by atoms with Crippen LogP contribution < -0.4 is 9.62 Å². The number of amides is 2. The van der Waals surface area contributed by atoms with Gasteiger partial charge in [0.2, 0.25) is 11.8 Å². The standard InChI is InChI=1S/C33H33ClFN3O4S/c1-3-36-33(40)31(20-25-10-6-4-7-11-25)37(22-26-15-18-28(35)19-16-26)32(39)23-38(30-21-27(34)17-14-24(30)2)43(41,42)29-12-8-5-9-13-29/h4-19,21,31H,3,20,22-23H2,1-2H3,(H,36,40). The lowest BCUT2D eigenvalue weighted by molar-refractivity contribution is -0.140. The third-order valence-corrected chi connectivity index (χ3v) is 8.95. The van der Waals surface area contributed by atoms with E-state index in [4.69, 9.17) is 11.6 Å². The van der Waals surface area contributed by atoms with Crippen molar-refractivity contribution in [3.05, 3.63) is 131 Å². The highest BCUT2D eigenvalue weighted by atomic mass is 35.5. The third kappa shape index (κ3) is 8.00. The van der Waals surface area contributed by atoms with Gasteiger partial charge >= 0.3 is 0 Å². The minimum absolute atomic E-state index is 0.00294. The molecule has 7 nitrogen and oxygen atoms in total. The van der Waals surface area contributed by atoms with Crippen molar-refractivity contribution in [2.24, 2.45) is 0 Å². The summed E-state index contributed by atoms with van der Waals surface area (Å²) in [6, 6.07) is 26.5. The minimum Gasteiger partial charge on any atom is -0.355 e. The highest BCUT2D eigenvalue weighted by molar-refractivity contribution is 7.92. The van der Waals surface area contributed by atoms with Crippen molar-refractivity contribution in [1.82, 2.24) is 10.2 Å². The zero-order valence-electron chi connectivity index (χ0n) is 23.9. The summed E-state index contributed by atoms with van der Waals surface area (Å²) in [4.78, 5) is 29.2. The zero-order chi connectivity index (χ0) is 31.0. The number of nitrogens with one attached hydrogen (secondary N) is 1. The highest BCUT2D eigenvalue weighted by Crippen LogP contribution is 2.30. The van der Waals surface area contributed by atoms with E-state index in [2.05, 4.69) is 5.32 Å². The molecule has 0 aliphatic carbocycles. The van der Waals surface area contributed by atoms with E-state index in [0.29, 0.717) is 22.7 Å². The van der Waals surface area contributed by atoms with Crippen LogP contribution in [0.15, 0.2) is 108 Å². The summed E-state index contributed by atoms with van der Waals surface area (Å²) in [6.07, 6.45) is 0.182. The Morgan fingerprint density at radius 3 is 2.14 bits per heavy atom. The van der Waals surface area contributed by atoms with Gasteiger partial charge in [-0.05, 0) is 66.9 Å². The summed E-state index contributed by atoms with van der Waals surface area (Å²) < 4.78 is 42.9. The SMILES string of the molecule is CCNC(=O)C(Cc1ccccc1)N(Cc1ccc(F)cc1)C(=O)CN(c1cc(Cl)ccc1C)S(=O)(=O)c1ccccc1. The van der Waals surface area contributed by atoms with Crippen molar-refractivity contribution in [2.45, 2.75) is 37.8 Å². The minimum atomic E-state index is -4.24. The monoisotopic (exact) mass is 621 g/mol. The van der Waals surface area contributed by atoms with Crippen LogP contribution in [0.25, 0.3) is 0 Å². The summed E-state index contributed by atoms with van der Waals surface area (Å²) in [5.41, 5.74) is 2.22. The number of anilines is 1. The average molecular weight is 622 g/mol. The molecule has 0 spiro atoms. The number of halogens is 2. The van der Waals surface area contributed by atoms with Crippen molar-refractivity contribution < 1.29 is 22.4 Å². The molecule has 224 valence electrons. The van der Waals surface area contributed by atoms with E-state index >= 15 is 0 Å². The van der Waals surface area contributed by atoms with E-state index in [9.17, 15) is 22.4 Å². The second-order valence-corrected chi connectivity index (χ2v) is 12.3. The molecule has 4 aromatic rings. The van der Waals surface area contributed by atoms with Crippen molar-refractivity contribution in [3.8, 4) is 0 Å². The van der Waals surface area contributed by atoms with Crippen LogP contribution in [0.2, 0.25) is 5.02 Å². The Bertz CT molecular complexity index is 1650. The molecule has 4 rings (SSSR count). The first kappa shape index (κ1) is 31.7. The number of nitrogens with zero attached hydrogens (tertiary/aromatic N) is 2. The zero-order valence-corrected chi connectivity index (χ0v) is 25.5. The molecule has 0 aliphatic heterocycles. The van der Waals surface area contributed by atoms with Gasteiger partial charge in [0.05, 0.1) is 10.6 Å². The number of carbonyl (C=O) groups excluding carboxylic acids is 2. The number of aryl methyl sites for hydroxylation is 1. The van der Waals surface area contributed by atoms with Gasteiger partial charge in [-0.2, -0.15) is 0 Å². The van der Waals surface area contributed by atoms with Gasteiger partial charge in [0.15, 0.2) is 0 Å². The Morgan fingerprint density at radius 2 is 1.51 bits per heavy atom. The predicted molar refractivity (Wildman–Crippen MR) is 167 cm³/mol. The van der Waals surface area contributed by atoms with Crippen LogP contribution in [0.3, 0.4) is 0 Å². The molecule has 0 heterocycles. The van der Waals surface area contributed by atoms with Crippen LogP contribution in [-0.4, -0.2) is 44.3 Å². The number of rotatable bonds is 12. The Morgan fingerprint density at radius 1 is 0.884 bits per heavy atom. The first-order valence-electron chi connectivity index (χ1n) is 13.8. The van der Waals surface area contributed by atoms with Gasteiger partial charge in [-0.3, -0.25) is 13.9 Å². The van der Waals surface area contributed by atoms with Crippen LogP contribution in [0.5, 0.6) is 0 Å². The second-order valence-electron chi connectivity index (χ2n) is 10.0. The van der Waals surface area contributed by atoms with Crippen LogP contribution in [0.4, 0.5) is 10.1 Å². The van der Waals surface area contributed by atoms with Crippen molar-refractivity contribution in [2.75, 3.05) is 17.4 Å². The van der Waals surface area contributed by atoms with Gasteiger partial charge in [0, 0.05) is 24.5 Å². The van der Waals surface area contributed by atoms with E-state index in [0.717, 1.165) is 9.87 Å². The predicted octanol–water partition coefficient (Wildman–Crippen LogP) is 5.76. The molecule has 0 saturated carbocycles. The lowest BCUT2D eigenvalue weighted by Crippen LogP contribution is -2.53. The topological polar surface area (TPSA) is 86.8 Å². The molecule has 4 aromatic carbocycles. The molecule has 0 aromatic heterocycles. The normalized spacial score (nSPS) is 11.9. The van der Waals surface area contributed by atoms with E-state index < -0.39 is 40.2 Å². The molecule has 1 atom stereocenters. The van der Waals surface area contributed by atoms with E-state index in [1.807, 2.05) is 30.3 Å². The Hall–Kier alpha value is -4.21. The largest absolute Gasteiger partial charge is 0.355 e. The molecule has 2 amide bonds. The molecule has 0 aliphatic rings. The van der Waals surface area contributed by atoms with E-state index in [1.54, 1.807) is 44.2 Å². The number of hydrogen-bond donors (Lipinski definition) is 1. The van der Waals surface area contributed by atoms with Crippen LogP contribution in [0.1, 0.15) is 23.6 Å². The summed E-state index contributed by atoms with van der Waals surface area (Å²) in [5, 5.41) is 3.11. The maximum Gasteiger partial charge on any atom is 0.264 e. The number of carbonyl (C=O) groups is 2. The number of benzene rings is 4. The molecule has 0 radical (unpaired) electrons. The number of likely N-dealkylation sites (N-methyl/N-ethyl adjacent to an activating group) is 1. The van der Waals surface area contributed by atoms with Gasteiger partial charge < -0.3 is 10.2 Å². The molecule has 0 fully saturated rings. The fraction of sp³-hybridized carbons (Fsp3) is 0.212. The van der Waals surface area contributed by atoms with Crippen molar-refractivity contribution in [3.63, 3.8) is 0 Å². The quantitative estimate of drug-likeness (QED) is 0.218. The lowest BCUT2D eigenvalue weighted by Gasteiger charge is -2.34. The molecule has 0 saturated heterocycles. The van der Waals surface area contributed by atoms with E-state index in [-0.39, 0.29) is 23.5 Å². The first-order valence-corrected chi connectivity index (χ1v) is 15.6. The second kappa shape index (κ2) is 14.3. The molecule has 1 unspecified atom stereocenters. The highest BCUT2D eigenvalue weighted by Gasteiger charge is 2.35.